The highest BCUT2D eigenvalue weighted by Gasteiger charge is 2.57. The second kappa shape index (κ2) is 36.2. The number of nitrogens with zero attached hydrogens (tertiary/aromatic N) is 8. The fourth-order valence-electron chi connectivity index (χ4n) is 12.7. The number of piperidine rings is 1. The number of amides is 11. The average Bonchev–Trinajstić information content (AvgIpc) is 1.57. The maximum Gasteiger partial charge on any atom is 0.254 e. The molecule has 26 nitrogen and oxygen atoms in total. The Hall–Kier alpha value is -8.00. The Morgan fingerprint density at radius 3 is 1.71 bits per heavy atom. The van der Waals surface area contributed by atoms with Crippen molar-refractivity contribution in [3.05, 3.63) is 71.8 Å². The van der Waals surface area contributed by atoms with Gasteiger partial charge < -0.3 is 70.7 Å². The van der Waals surface area contributed by atoms with E-state index in [9.17, 15) is 33.9 Å². The fraction of sp³-hybridized carbons (Fsp3) is 0.667. The number of carbonyl (C=O) groups is 11. The van der Waals surface area contributed by atoms with Gasteiger partial charge in [-0.25, -0.2) is 0 Å². The maximum absolute atomic E-state index is 15.4. The number of aliphatic imine (C=N–C) groups is 1. The lowest BCUT2D eigenvalue weighted by atomic mass is 9.97. The van der Waals surface area contributed by atoms with Crippen molar-refractivity contribution in [1.29, 1.82) is 0 Å². The topological polar surface area (TPSA) is 322 Å². The van der Waals surface area contributed by atoms with Gasteiger partial charge in [0.15, 0.2) is 11.7 Å². The van der Waals surface area contributed by atoms with Crippen molar-refractivity contribution >= 4 is 70.8 Å². The molecule has 0 bridgehead atoms. The van der Waals surface area contributed by atoms with Crippen LogP contribution in [0.25, 0.3) is 0 Å². The molecule has 12 atom stereocenters. The number of ether oxygens (including phenoxy) is 1. The van der Waals surface area contributed by atoms with Gasteiger partial charge in [-0.3, -0.25) is 57.7 Å². The first kappa shape index (κ1) is 80.7. The van der Waals surface area contributed by atoms with Crippen LogP contribution in [0.1, 0.15) is 153 Å². The Kier molecular flexibility index (Phi) is 29.8. The van der Waals surface area contributed by atoms with Crippen molar-refractivity contribution in [3.63, 3.8) is 0 Å². The Balaban J connectivity index is 1.70. The molecule has 3 aliphatic rings. The SMILES string of the molecule is CC[C@H](C)[C@@H]1N=C2N[C@@]2(CC(C)C)N(C)C(=O)[C@@H](C)NC(=O)[C@@H](C(=O)N2CCCCC2)NC(=O)[C@H](CC)N(C)C(=O)[C@H](Cc2ccccc2)N(C)C(=O)C(COC(C)(C)C)NC(=O)[C@H](CC(C)C)N(C)C(=O)[C@H](CC)N(C)C(=O)[C@H]([C@@H](C)O)NC(=O)CN(CCc2ccccc2)C1=O. The second-order valence-corrected chi connectivity index (χ2v) is 28.6. The van der Waals surface area contributed by atoms with Crippen LogP contribution >= 0.6 is 0 Å². The number of amidine groups is 1. The lowest BCUT2D eigenvalue weighted by Crippen LogP contribution is -2.63. The summed E-state index contributed by atoms with van der Waals surface area (Å²) in [4.78, 5) is 179. The number of likely N-dealkylation sites (tertiary alicyclic amines) is 1. The van der Waals surface area contributed by atoms with Gasteiger partial charge in [-0.1, -0.05) is 122 Å². The predicted molar refractivity (Wildman–Crippen MR) is 373 cm³/mol. The zero-order valence-corrected chi connectivity index (χ0v) is 61.3. The highest BCUT2D eigenvalue weighted by molar-refractivity contribution is 6.11. The van der Waals surface area contributed by atoms with Gasteiger partial charge in [0.05, 0.1) is 24.9 Å². The van der Waals surface area contributed by atoms with Crippen molar-refractivity contribution in [3.8, 4) is 0 Å². The molecule has 6 N–H and O–H groups in total. The number of aliphatic hydroxyl groups is 1. The van der Waals surface area contributed by atoms with Crippen LogP contribution < -0.4 is 26.6 Å². The molecule has 0 radical (unpaired) electrons. The van der Waals surface area contributed by atoms with Crippen LogP contribution in [-0.4, -0.2) is 250 Å². The molecule has 2 fully saturated rings. The molecule has 0 saturated carbocycles. The maximum atomic E-state index is 15.4. The average molecular weight is 1370 g/mol. The van der Waals surface area contributed by atoms with E-state index in [0.717, 1.165) is 21.8 Å². The Morgan fingerprint density at radius 1 is 0.633 bits per heavy atom. The number of hydrogen-bond donors (Lipinski definition) is 6. The summed E-state index contributed by atoms with van der Waals surface area (Å²) in [5, 5.41) is 25.5. The van der Waals surface area contributed by atoms with Gasteiger partial charge in [0.2, 0.25) is 53.2 Å². The number of fused-ring (bicyclic) bond motifs is 1. The summed E-state index contributed by atoms with van der Waals surface area (Å²) in [6, 6.07) is 5.53. The first-order valence-electron chi connectivity index (χ1n) is 34.9. The summed E-state index contributed by atoms with van der Waals surface area (Å²) in [7, 11) is 7.09. The first-order chi connectivity index (χ1) is 46.0. The van der Waals surface area contributed by atoms with E-state index >= 15 is 24.0 Å². The minimum absolute atomic E-state index is 0.0168. The molecule has 5 rings (SSSR count). The number of aliphatic hydroxyl groups excluding tert-OH is 1. The molecule has 2 saturated heterocycles. The smallest absolute Gasteiger partial charge is 0.254 e. The van der Waals surface area contributed by atoms with E-state index in [4.69, 9.17) is 9.73 Å². The highest BCUT2D eigenvalue weighted by atomic mass is 16.5. The third kappa shape index (κ3) is 21.3. The van der Waals surface area contributed by atoms with E-state index in [1.807, 2.05) is 71.9 Å². The van der Waals surface area contributed by atoms with Crippen LogP contribution in [0.5, 0.6) is 0 Å². The number of benzene rings is 2. The lowest BCUT2D eigenvalue weighted by molar-refractivity contribution is -0.152. The van der Waals surface area contributed by atoms with Gasteiger partial charge in [-0.05, 0) is 115 Å². The Morgan fingerprint density at radius 2 is 1.17 bits per heavy atom. The molecular weight excluding hydrogens is 1250 g/mol. The largest absolute Gasteiger partial charge is 0.391 e. The number of nitrogens with one attached hydrogen (secondary N) is 5. The molecule has 1 unspecified atom stereocenters. The molecule has 3 heterocycles. The molecule has 2 aromatic rings. The van der Waals surface area contributed by atoms with Gasteiger partial charge in [0.1, 0.15) is 54.2 Å². The molecular formula is C72H113N13O13. The minimum Gasteiger partial charge on any atom is -0.391 e. The standard InChI is InChI=1S/C72H113N13O13/c1-19-46(8)57-68(96)85(38-35-49-31-25-22-26-32-49)42-56(87)75-58(48(10)86)67(95)80(15)53(21-3)65(93)81(16)54(39-44(4)5)61(89)74-51(43-98-71(11,12)13)64(92)82(17)55(40-50-33-27-23-28-34-50)66(94)79(14)52(20-2)60(88)76-59(69(97)84-36-29-24-30-37-84)62(90)73-47(9)63(91)83(18)72(41-45(6)7)70(77-57)78-72/h22-23,25-28,31-34,44-48,51-55,57-59,86H,19-21,24,29-30,35-43H2,1-18H3,(H,73,90)(H,74,89)(H,75,87)(H,76,88)(H,77,78)/t46-,47+,48+,51?,52-,53-,54-,55-,57-,58-,59-,72-/m0/s1. The van der Waals surface area contributed by atoms with Crippen molar-refractivity contribution < 1.29 is 62.6 Å². The number of rotatable bonds is 17. The van der Waals surface area contributed by atoms with Crippen LogP contribution in [0.4, 0.5) is 0 Å². The van der Waals surface area contributed by atoms with Crippen LogP contribution in [0.15, 0.2) is 65.7 Å². The Labute approximate surface area is 580 Å². The number of hydrogen-bond acceptors (Lipinski definition) is 15. The van der Waals surface area contributed by atoms with Crippen LogP contribution in [0.3, 0.4) is 0 Å². The van der Waals surface area contributed by atoms with Crippen molar-refractivity contribution in [1.82, 2.24) is 60.9 Å². The first-order valence-corrected chi connectivity index (χ1v) is 34.9. The van der Waals surface area contributed by atoms with Gasteiger partial charge >= 0.3 is 0 Å². The summed E-state index contributed by atoms with van der Waals surface area (Å²) < 4.78 is 6.20. The van der Waals surface area contributed by atoms with Gasteiger partial charge in [0, 0.05) is 61.3 Å². The molecule has 544 valence electrons. The summed E-state index contributed by atoms with van der Waals surface area (Å²) in [5.74, 6) is -8.73. The summed E-state index contributed by atoms with van der Waals surface area (Å²) in [6.45, 7) is 22.3. The van der Waals surface area contributed by atoms with Crippen LogP contribution in [0.2, 0.25) is 0 Å². The fourth-order valence-corrected chi connectivity index (χ4v) is 12.7. The molecule has 3 aliphatic heterocycles. The molecule has 0 aliphatic carbocycles. The summed E-state index contributed by atoms with van der Waals surface area (Å²) in [5.41, 5.74) is -0.637. The van der Waals surface area contributed by atoms with E-state index in [1.165, 1.54) is 73.6 Å². The van der Waals surface area contributed by atoms with Gasteiger partial charge in [0.25, 0.3) is 11.8 Å². The van der Waals surface area contributed by atoms with Crippen LogP contribution in [-0.2, 0) is 70.3 Å². The molecule has 26 heteroatoms. The van der Waals surface area contributed by atoms with Crippen molar-refractivity contribution in [2.45, 2.75) is 226 Å². The van der Waals surface area contributed by atoms with E-state index in [1.54, 1.807) is 65.0 Å². The monoisotopic (exact) mass is 1370 g/mol. The third-order valence-corrected chi connectivity index (χ3v) is 18.9. The van der Waals surface area contributed by atoms with Gasteiger partial charge in [-0.15, -0.1) is 0 Å². The summed E-state index contributed by atoms with van der Waals surface area (Å²) in [6.07, 6.45) is 1.65. The molecule has 2 aromatic carbocycles. The van der Waals surface area contributed by atoms with Crippen LogP contribution in [0, 0.1) is 17.8 Å². The highest BCUT2D eigenvalue weighted by Crippen LogP contribution is 2.35. The lowest BCUT2D eigenvalue weighted by Gasteiger charge is -2.38. The van der Waals surface area contributed by atoms with Gasteiger partial charge in [-0.2, -0.15) is 0 Å². The van der Waals surface area contributed by atoms with E-state index in [-0.39, 0.29) is 44.1 Å². The number of likely N-dealkylation sites (N-methyl/N-ethyl adjacent to an activating group) is 5. The van der Waals surface area contributed by atoms with E-state index in [0.29, 0.717) is 56.6 Å². The van der Waals surface area contributed by atoms with Crippen molar-refractivity contribution in [2.24, 2.45) is 22.7 Å². The molecule has 11 amide bonds. The molecule has 0 spiro atoms. The normalized spacial score (nSPS) is 26.5. The van der Waals surface area contributed by atoms with E-state index < -0.39 is 156 Å². The molecule has 0 aromatic heterocycles. The Bertz CT molecular complexity index is 3120. The van der Waals surface area contributed by atoms with Crippen molar-refractivity contribution in [2.75, 3.05) is 68.0 Å². The summed E-state index contributed by atoms with van der Waals surface area (Å²) >= 11 is 0. The number of carbonyl (C=O) groups excluding carboxylic acids is 11. The zero-order chi connectivity index (χ0) is 73.3. The minimum atomic E-state index is -1.87. The predicted octanol–water partition coefficient (Wildman–Crippen LogP) is 3.27. The quantitative estimate of drug-likeness (QED) is 0.0979. The van der Waals surface area contributed by atoms with E-state index in [2.05, 4.69) is 26.6 Å². The molecule has 98 heavy (non-hydrogen) atoms. The zero-order valence-electron chi connectivity index (χ0n) is 61.3. The second-order valence-electron chi connectivity index (χ2n) is 28.6. The third-order valence-electron chi connectivity index (χ3n) is 18.9.